The van der Waals surface area contributed by atoms with Gasteiger partial charge in [-0.1, -0.05) is 173 Å². The molecule has 0 aliphatic rings. The molecule has 0 bridgehead atoms. The number of nitrogens with one attached hydrogen (secondary N) is 2. The third-order valence-electron chi connectivity index (χ3n) is 13.6. The van der Waals surface area contributed by atoms with Gasteiger partial charge < -0.3 is 92.2 Å². The summed E-state index contributed by atoms with van der Waals surface area (Å²) >= 11 is 1.31. The molecule has 0 fully saturated rings. The van der Waals surface area contributed by atoms with Crippen LogP contribution in [0.3, 0.4) is 0 Å². The topological polar surface area (TPSA) is 317 Å². The lowest BCUT2D eigenvalue weighted by molar-refractivity contribution is -0.168. The van der Waals surface area contributed by atoms with Crippen LogP contribution in [-0.4, -0.2) is 231 Å². The van der Waals surface area contributed by atoms with Crippen LogP contribution in [0.5, 0.6) is 0 Å². The smallest absolute Gasteiger partial charge is 0.468 e. The van der Waals surface area contributed by atoms with Crippen LogP contribution in [0.1, 0.15) is 345 Å². The Bertz CT molecular complexity index is 2280. The first-order chi connectivity index (χ1) is 58.2. The van der Waals surface area contributed by atoms with Gasteiger partial charge in [0.05, 0.1) is 114 Å². The van der Waals surface area contributed by atoms with E-state index in [1.807, 2.05) is 165 Å². The van der Waals surface area contributed by atoms with E-state index in [1.165, 1.54) is 135 Å². The van der Waals surface area contributed by atoms with Gasteiger partial charge in [-0.05, 0) is 221 Å². The molecule has 0 rings (SSSR count). The van der Waals surface area contributed by atoms with Crippen molar-refractivity contribution in [2.75, 3.05) is 111 Å². The van der Waals surface area contributed by atoms with Crippen molar-refractivity contribution in [1.82, 2.24) is 10.6 Å². The largest absolute Gasteiger partial charge is 0.510 e. The molecule has 1 amide bonds. The first-order valence-electron chi connectivity index (χ1n) is 46.0. The Morgan fingerprint density at radius 2 is 0.768 bits per heavy atom. The average Bonchev–Trinajstić information content (AvgIpc) is 0.896. The fraction of sp³-hybridized carbons (Fsp3) is 0.885. The summed E-state index contributed by atoms with van der Waals surface area (Å²) in [4.78, 5) is 76.4. The summed E-state index contributed by atoms with van der Waals surface area (Å²) in [6.45, 7) is 81.8. The summed E-state index contributed by atoms with van der Waals surface area (Å²) in [6.07, 6.45) is 25.0. The van der Waals surface area contributed by atoms with E-state index in [4.69, 9.17) is 62.6 Å². The third kappa shape index (κ3) is 164. The lowest BCUT2D eigenvalue weighted by Gasteiger charge is -2.21. The number of unbranched alkanes of at least 4 members (excludes halogenated alkanes) is 12. The molecule has 0 spiro atoms. The first kappa shape index (κ1) is 144. The number of thioether (sulfide) groups is 1. The minimum absolute atomic E-state index is 0.00526. The fourth-order valence-corrected chi connectivity index (χ4v) is 9.91. The predicted molar refractivity (Wildman–Crippen MR) is 526 cm³/mol. The second-order valence-corrected chi connectivity index (χ2v) is 38.3. The van der Waals surface area contributed by atoms with Gasteiger partial charge in [-0.3, -0.25) is 24.0 Å². The van der Waals surface area contributed by atoms with Crippen molar-refractivity contribution in [2.45, 2.75) is 424 Å². The van der Waals surface area contributed by atoms with Crippen molar-refractivity contribution in [3.05, 3.63) is 25.3 Å². The Morgan fingerprint density at radius 1 is 0.408 bits per heavy atom. The third-order valence-corrected chi connectivity index (χ3v) is 17.0. The Balaban J connectivity index is -0.000000130. The molecular weight excluding hydrogens is 1660 g/mol. The van der Waals surface area contributed by atoms with Crippen LogP contribution in [-0.2, 0) is 105 Å². The summed E-state index contributed by atoms with van der Waals surface area (Å²) in [5.41, 5.74) is 5.26. The molecule has 0 radical (unpaired) electrons. The number of carbonyl (C=O) groups is 7. The number of rotatable bonds is 58. The maximum absolute atomic E-state index is 11.8. The minimum Gasteiger partial charge on any atom is -0.468 e. The number of nitrogens with two attached hydrogens (primary N) is 1. The van der Waals surface area contributed by atoms with E-state index in [-0.39, 0.29) is 104 Å². The van der Waals surface area contributed by atoms with Crippen LogP contribution >= 0.6 is 33.3 Å². The van der Waals surface area contributed by atoms with Gasteiger partial charge >= 0.3 is 30.0 Å². The van der Waals surface area contributed by atoms with Gasteiger partial charge in [0.25, 0.3) is 0 Å². The molecular formula is C96H199N3O23S3. The van der Waals surface area contributed by atoms with E-state index >= 15 is 0 Å². The molecule has 3 unspecified atom stereocenters. The second-order valence-electron chi connectivity index (χ2n) is 34.3. The highest BCUT2D eigenvalue weighted by Crippen LogP contribution is 2.21. The van der Waals surface area contributed by atoms with Crippen molar-refractivity contribution in [3.63, 3.8) is 0 Å². The zero-order chi connectivity index (χ0) is 99.0. The number of esters is 4. The van der Waals surface area contributed by atoms with E-state index in [2.05, 4.69) is 119 Å². The Morgan fingerprint density at radius 3 is 1.13 bits per heavy atom. The van der Waals surface area contributed by atoms with E-state index in [1.54, 1.807) is 27.7 Å². The van der Waals surface area contributed by atoms with E-state index in [0.29, 0.717) is 31.0 Å². The molecule has 0 aromatic rings. The van der Waals surface area contributed by atoms with Crippen molar-refractivity contribution < 1.29 is 109 Å². The summed E-state index contributed by atoms with van der Waals surface area (Å²) in [5, 5.41) is 5.72. The molecule has 0 aromatic heterocycles. The number of hydrogen-bond acceptors (Lipinski definition) is 28. The van der Waals surface area contributed by atoms with E-state index in [9.17, 15) is 33.6 Å². The van der Waals surface area contributed by atoms with Crippen LogP contribution in [0.2, 0.25) is 0 Å². The molecule has 0 saturated carbocycles. The molecule has 26 nitrogen and oxygen atoms in total. The van der Waals surface area contributed by atoms with Crippen LogP contribution in [0.15, 0.2) is 25.3 Å². The van der Waals surface area contributed by atoms with E-state index in [0.717, 1.165) is 76.0 Å². The Kier molecular flexibility index (Phi) is 126. The highest BCUT2D eigenvalue weighted by Gasteiger charge is 2.27. The summed E-state index contributed by atoms with van der Waals surface area (Å²) in [5.74, 6) is 3.12. The number of ether oxygens (including phenoxy) is 16. The molecule has 3 atom stereocenters. The molecule has 29 heteroatoms. The van der Waals surface area contributed by atoms with Gasteiger partial charge in [0, 0.05) is 63.6 Å². The zero-order valence-electron chi connectivity index (χ0n) is 86.9. The zero-order valence-corrected chi connectivity index (χ0v) is 89.4. The standard InChI is InChI=1S/C16H32O2.C15H30O2.C12H24N2O4.C9H18O3.C8H16O4.C8H18OS2.C7H15NO2.C7H14O2S.C6H12O3.2C4H10/c1-4-5-6-7-8-9-10-11-13-17-14-12-15-18-16(2)3;1-4-5-6-7-8-9-10-11-12-16-13-14-17-15(2)3;1-7(2)10(13)11(15)14-9(12(16)17-5)6-18-8(3)4;1-7(2)11-6-12-8(10)9(3,4)5;1-6(2)10-5-11-8(9)12-7(3)4;1-4-6-10-11-7-5-9-8(2)3;1-5(2)8-6(3)7(9)10-4;1-6(2)9-4-5-10-7(3)8;1-5(2)8-4-9-6(3)7;2*1-4(2)3/h4,16H,1,5-15H2,2-3H3;4,15H,1,5-14H2,2-3H3;7-10H,6,13H2,1-5H3,(H,14,15);7H,6H2,1-5H3;6-7H,5H2,1-4H3;8H,4-7H2,1-3H3;5-6,8H,1-4H3;6H,4-5H2,1-3H3;5H,4H2,1-3H3;2*4H,1-3H3. The molecule has 0 aromatic carbocycles. The molecule has 754 valence electrons. The predicted octanol–water partition coefficient (Wildman–Crippen LogP) is 22.7. The highest BCUT2D eigenvalue weighted by atomic mass is 33.1. The van der Waals surface area contributed by atoms with Crippen LogP contribution in [0.25, 0.3) is 0 Å². The van der Waals surface area contributed by atoms with Gasteiger partial charge in [-0.15, -0.1) is 13.2 Å². The van der Waals surface area contributed by atoms with Crippen molar-refractivity contribution in [1.29, 1.82) is 0 Å². The highest BCUT2D eigenvalue weighted by molar-refractivity contribution is 8.76. The summed E-state index contributed by atoms with van der Waals surface area (Å²) in [7, 11) is 6.51. The van der Waals surface area contributed by atoms with Crippen molar-refractivity contribution >= 4 is 74.4 Å². The molecule has 0 aliphatic carbocycles. The molecule has 0 heterocycles. The van der Waals surface area contributed by atoms with Gasteiger partial charge in [0.1, 0.15) is 6.04 Å². The Hall–Kier alpha value is -3.66. The fourth-order valence-electron chi connectivity index (χ4n) is 7.47. The SMILES string of the molecule is C=CCCCCCCCCOCCCOC(C)C.C=CCCCCCCCCOCCOC(C)C.CC(=O)OCOC(C)C.CC(=O)SCCOC(C)C.CC(C)C.CC(C)C.CC(C)OCOC(=O)C(C)(C)C.CC(C)OCOC(=O)OC(C)C.CCCSSCCOC(C)C.COC(=O)C(C)NC(C)C.COC(=O)C(COC(C)C)NC(=O)C(N)C(C)C. The summed E-state index contributed by atoms with van der Waals surface area (Å²) in [6, 6.07) is -1.37. The average molecular weight is 1860 g/mol. The van der Waals surface area contributed by atoms with Gasteiger partial charge in [-0.2, -0.15) is 0 Å². The number of carbonyl (C=O) groups excluding carboxylic acids is 7. The maximum Gasteiger partial charge on any atom is 0.510 e. The monoisotopic (exact) mass is 1860 g/mol. The number of methoxy groups -OCH3 is 2. The van der Waals surface area contributed by atoms with Gasteiger partial charge in [0.15, 0.2) is 31.5 Å². The number of hydrogen-bond donors (Lipinski definition) is 3. The summed E-state index contributed by atoms with van der Waals surface area (Å²) < 4.78 is 80.5. The van der Waals surface area contributed by atoms with Gasteiger partial charge in [-0.25, -0.2) is 9.59 Å². The number of allylic oxidation sites excluding steroid dienone is 2. The molecule has 4 N–H and O–H groups in total. The molecule has 0 saturated heterocycles. The molecule has 125 heavy (non-hydrogen) atoms. The second kappa shape index (κ2) is 109. The first-order valence-corrected chi connectivity index (χ1v) is 49.5. The quantitative estimate of drug-likeness (QED) is 0.0127. The maximum atomic E-state index is 11.8. The lowest BCUT2D eigenvalue weighted by atomic mass is 9.98. The van der Waals surface area contributed by atoms with Crippen molar-refractivity contribution in [2.24, 2.45) is 28.9 Å². The minimum atomic E-state index is -0.824. The van der Waals surface area contributed by atoms with Crippen LogP contribution in [0.4, 0.5) is 4.79 Å². The normalized spacial score (nSPS) is 11.4. The lowest BCUT2D eigenvalue weighted by Crippen LogP contribution is -2.52. The van der Waals surface area contributed by atoms with Crippen LogP contribution in [0, 0.1) is 23.2 Å². The van der Waals surface area contributed by atoms with Gasteiger partial charge in [0.2, 0.25) is 5.91 Å². The van der Waals surface area contributed by atoms with Crippen LogP contribution < -0.4 is 16.4 Å². The molecule has 0 aliphatic heterocycles. The Labute approximate surface area is 779 Å². The number of amides is 1. The van der Waals surface area contributed by atoms with E-state index < -0.39 is 29.6 Å². The van der Waals surface area contributed by atoms with Crippen molar-refractivity contribution in [3.8, 4) is 0 Å².